The van der Waals surface area contributed by atoms with Crippen LogP contribution in [-0.2, 0) is 6.42 Å². The predicted molar refractivity (Wildman–Crippen MR) is 51.9 cm³/mol. The smallest absolute Gasteiger partial charge is 0.383 e. The monoisotopic (exact) mass is 230 g/mol. The Hall–Kier alpha value is -1.56. The van der Waals surface area contributed by atoms with Crippen LogP contribution in [0.25, 0.3) is 10.9 Å². The molecule has 2 rings (SSSR count). The molecule has 1 aromatic heterocycles. The van der Waals surface area contributed by atoms with Crippen molar-refractivity contribution in [2.45, 2.75) is 18.7 Å². The van der Waals surface area contributed by atoms with Crippen molar-refractivity contribution >= 4 is 10.9 Å². The van der Waals surface area contributed by atoms with Crippen molar-refractivity contribution in [1.29, 1.82) is 0 Å². The molecule has 0 spiro atoms. The first-order valence-corrected chi connectivity index (χ1v) is 4.65. The number of aliphatic hydroxyl groups excluding tert-OH is 1. The van der Waals surface area contributed by atoms with Gasteiger partial charge in [-0.2, -0.15) is 18.3 Å². The standard InChI is InChI=1S/C10H9F3N2O/c11-10(12,13)9(16)5-8-6-3-1-2-4-7(6)14-15-8/h1-4,9,16H,5H2,(H,14,15). The van der Waals surface area contributed by atoms with E-state index in [1.54, 1.807) is 24.3 Å². The molecule has 0 fully saturated rings. The molecule has 3 nitrogen and oxygen atoms in total. The molecule has 0 aliphatic rings. The van der Waals surface area contributed by atoms with Crippen LogP contribution in [0.15, 0.2) is 24.3 Å². The number of nitrogens with one attached hydrogen (secondary N) is 1. The van der Waals surface area contributed by atoms with E-state index in [-0.39, 0.29) is 0 Å². The number of halogens is 3. The fourth-order valence-electron chi connectivity index (χ4n) is 1.48. The van der Waals surface area contributed by atoms with Gasteiger partial charge >= 0.3 is 6.18 Å². The Morgan fingerprint density at radius 2 is 2.00 bits per heavy atom. The molecule has 1 atom stereocenters. The van der Waals surface area contributed by atoms with Crippen molar-refractivity contribution in [3.05, 3.63) is 30.0 Å². The maximum atomic E-state index is 12.2. The zero-order chi connectivity index (χ0) is 11.8. The van der Waals surface area contributed by atoms with Gasteiger partial charge < -0.3 is 5.11 Å². The highest BCUT2D eigenvalue weighted by molar-refractivity contribution is 5.81. The minimum Gasteiger partial charge on any atom is -0.383 e. The summed E-state index contributed by atoms with van der Waals surface area (Å²) in [4.78, 5) is 0. The SMILES string of the molecule is OC(Cc1[nH]nc2ccccc12)C(F)(F)F. The third kappa shape index (κ3) is 2.01. The number of para-hydroxylation sites is 1. The fourth-order valence-corrected chi connectivity index (χ4v) is 1.48. The molecule has 0 radical (unpaired) electrons. The second-order valence-electron chi connectivity index (χ2n) is 3.48. The average Bonchev–Trinajstić information content (AvgIpc) is 2.61. The van der Waals surface area contributed by atoms with E-state index in [1.807, 2.05) is 0 Å². The molecule has 86 valence electrons. The van der Waals surface area contributed by atoms with Gasteiger partial charge in [-0.15, -0.1) is 0 Å². The fraction of sp³-hybridized carbons (Fsp3) is 0.300. The minimum absolute atomic E-state index is 0.292. The van der Waals surface area contributed by atoms with Crippen molar-refractivity contribution in [3.63, 3.8) is 0 Å². The van der Waals surface area contributed by atoms with E-state index in [9.17, 15) is 13.2 Å². The third-order valence-corrected chi connectivity index (χ3v) is 2.32. The molecule has 1 heterocycles. The lowest BCUT2D eigenvalue weighted by Gasteiger charge is -2.13. The number of rotatable bonds is 2. The van der Waals surface area contributed by atoms with Gasteiger partial charge in [0.15, 0.2) is 6.10 Å². The van der Waals surface area contributed by atoms with Gasteiger partial charge in [0.05, 0.1) is 5.52 Å². The Balaban J connectivity index is 2.28. The van der Waals surface area contributed by atoms with E-state index in [4.69, 9.17) is 5.11 Å². The summed E-state index contributed by atoms with van der Waals surface area (Å²) >= 11 is 0. The molecule has 0 saturated heterocycles. The van der Waals surface area contributed by atoms with Crippen LogP contribution in [-0.4, -0.2) is 27.6 Å². The molecular weight excluding hydrogens is 221 g/mol. The number of hydrogen-bond acceptors (Lipinski definition) is 2. The summed E-state index contributed by atoms with van der Waals surface area (Å²) in [5, 5.41) is 15.9. The first-order valence-electron chi connectivity index (χ1n) is 4.65. The number of hydrogen-bond donors (Lipinski definition) is 2. The molecular formula is C10H9F3N2O. The van der Waals surface area contributed by atoms with Gasteiger partial charge in [0.2, 0.25) is 0 Å². The zero-order valence-corrected chi connectivity index (χ0v) is 8.12. The summed E-state index contributed by atoms with van der Waals surface area (Å²) < 4.78 is 36.5. The highest BCUT2D eigenvalue weighted by atomic mass is 19.4. The van der Waals surface area contributed by atoms with Crippen LogP contribution in [0.5, 0.6) is 0 Å². The van der Waals surface area contributed by atoms with Crippen molar-refractivity contribution in [2.75, 3.05) is 0 Å². The van der Waals surface area contributed by atoms with Gasteiger partial charge in [0, 0.05) is 17.5 Å². The van der Waals surface area contributed by atoms with Crippen molar-refractivity contribution in [3.8, 4) is 0 Å². The van der Waals surface area contributed by atoms with E-state index in [0.29, 0.717) is 16.6 Å². The van der Waals surface area contributed by atoms with Gasteiger partial charge in [-0.1, -0.05) is 18.2 Å². The highest BCUT2D eigenvalue weighted by Gasteiger charge is 2.38. The number of fused-ring (bicyclic) bond motifs is 1. The lowest BCUT2D eigenvalue weighted by molar-refractivity contribution is -0.203. The minimum atomic E-state index is -4.60. The average molecular weight is 230 g/mol. The van der Waals surface area contributed by atoms with Crippen molar-refractivity contribution in [1.82, 2.24) is 10.2 Å². The molecule has 0 aliphatic carbocycles. The van der Waals surface area contributed by atoms with Crippen LogP contribution < -0.4 is 0 Å². The summed E-state index contributed by atoms with van der Waals surface area (Å²) in [6, 6.07) is 6.81. The largest absolute Gasteiger partial charge is 0.414 e. The molecule has 0 amide bonds. The van der Waals surface area contributed by atoms with E-state index in [2.05, 4.69) is 10.2 Å². The summed E-state index contributed by atoms with van der Waals surface area (Å²) in [5.41, 5.74) is 0.882. The van der Waals surface area contributed by atoms with Crippen molar-refractivity contribution < 1.29 is 18.3 Å². The Labute approximate surface area is 88.9 Å². The molecule has 16 heavy (non-hydrogen) atoms. The molecule has 1 aromatic carbocycles. The van der Waals surface area contributed by atoms with Crippen LogP contribution in [0.4, 0.5) is 13.2 Å². The van der Waals surface area contributed by atoms with E-state index >= 15 is 0 Å². The van der Waals surface area contributed by atoms with Gasteiger partial charge in [-0.25, -0.2) is 0 Å². The Morgan fingerprint density at radius 1 is 1.31 bits per heavy atom. The number of aromatic amines is 1. The second-order valence-corrected chi connectivity index (χ2v) is 3.48. The molecule has 1 unspecified atom stereocenters. The lowest BCUT2D eigenvalue weighted by atomic mass is 10.1. The van der Waals surface area contributed by atoms with Crippen molar-refractivity contribution in [2.24, 2.45) is 0 Å². The number of H-pyrrole nitrogens is 1. The summed E-state index contributed by atoms with van der Waals surface area (Å²) in [7, 11) is 0. The number of nitrogens with zero attached hydrogens (tertiary/aromatic N) is 1. The molecule has 0 bridgehead atoms. The van der Waals surface area contributed by atoms with Crippen LogP contribution in [0.1, 0.15) is 5.69 Å². The Bertz CT molecular complexity index is 492. The summed E-state index contributed by atoms with van der Waals surface area (Å²) in [5.74, 6) is 0. The second kappa shape index (κ2) is 3.79. The van der Waals surface area contributed by atoms with Crippen LogP contribution in [0, 0.1) is 0 Å². The predicted octanol–water partition coefficient (Wildman–Crippen LogP) is 2.03. The molecule has 6 heteroatoms. The van der Waals surface area contributed by atoms with Gasteiger partial charge in [-0.05, 0) is 6.07 Å². The van der Waals surface area contributed by atoms with E-state index in [0.717, 1.165) is 0 Å². The first-order chi connectivity index (χ1) is 7.48. The molecule has 0 saturated carbocycles. The third-order valence-electron chi connectivity index (χ3n) is 2.32. The number of aliphatic hydroxyl groups is 1. The Kier molecular flexibility index (Phi) is 2.59. The number of alkyl halides is 3. The molecule has 0 aliphatic heterocycles. The maximum absolute atomic E-state index is 12.2. The van der Waals surface area contributed by atoms with Crippen LogP contribution in [0.2, 0.25) is 0 Å². The topological polar surface area (TPSA) is 48.9 Å². The quantitative estimate of drug-likeness (QED) is 0.829. The maximum Gasteiger partial charge on any atom is 0.414 e. The normalized spacial score (nSPS) is 14.2. The van der Waals surface area contributed by atoms with Crippen LogP contribution >= 0.6 is 0 Å². The summed E-state index contributed by atoms with van der Waals surface area (Å²) in [6.07, 6.45) is -7.48. The summed E-state index contributed by atoms with van der Waals surface area (Å²) in [6.45, 7) is 0. The molecule has 2 aromatic rings. The number of aromatic nitrogens is 2. The highest BCUT2D eigenvalue weighted by Crippen LogP contribution is 2.24. The van der Waals surface area contributed by atoms with Gasteiger partial charge in [-0.3, -0.25) is 5.10 Å². The zero-order valence-electron chi connectivity index (χ0n) is 8.12. The molecule has 2 N–H and O–H groups in total. The Morgan fingerprint density at radius 3 is 2.69 bits per heavy atom. The van der Waals surface area contributed by atoms with E-state index < -0.39 is 18.7 Å². The lowest BCUT2D eigenvalue weighted by Crippen LogP contribution is -2.30. The van der Waals surface area contributed by atoms with Crippen LogP contribution in [0.3, 0.4) is 0 Å². The van der Waals surface area contributed by atoms with Gasteiger partial charge in [0.1, 0.15) is 0 Å². The van der Waals surface area contributed by atoms with E-state index in [1.165, 1.54) is 0 Å². The van der Waals surface area contributed by atoms with Gasteiger partial charge in [0.25, 0.3) is 0 Å². The number of benzene rings is 1. The first kappa shape index (κ1) is 10.9.